The molecule has 0 radical (unpaired) electrons. The Kier molecular flexibility index (Phi) is 3.96. The van der Waals surface area contributed by atoms with Gasteiger partial charge in [0.15, 0.2) is 0 Å². The summed E-state index contributed by atoms with van der Waals surface area (Å²) < 4.78 is 0. The molecular formula is C8H12N2. The summed E-state index contributed by atoms with van der Waals surface area (Å²) in [6.45, 7) is 12.3. The van der Waals surface area contributed by atoms with Crippen LogP contribution in [0.3, 0.4) is 0 Å². The molecule has 10 heavy (non-hydrogen) atoms. The molecule has 0 bridgehead atoms. The van der Waals surface area contributed by atoms with Gasteiger partial charge in [-0.05, 0) is 25.9 Å². The predicted molar refractivity (Wildman–Crippen MR) is 45.8 cm³/mol. The highest BCUT2D eigenvalue weighted by Gasteiger charge is 1.90. The molecule has 2 nitrogen and oxygen atoms in total. The largest absolute Gasteiger partial charge is 0.361 e. The van der Waals surface area contributed by atoms with Crippen LogP contribution in [0.25, 0.3) is 0 Å². The molecule has 0 atom stereocenters. The number of hydrogen-bond acceptors (Lipinski definition) is 2. The second-order valence-corrected chi connectivity index (χ2v) is 1.71. The fourth-order valence-corrected chi connectivity index (χ4v) is 0.506. The van der Waals surface area contributed by atoms with Crippen molar-refractivity contribution < 1.29 is 0 Å². The summed E-state index contributed by atoms with van der Waals surface area (Å²) in [5.74, 6) is 0. The van der Waals surface area contributed by atoms with Crippen molar-refractivity contribution in [3.8, 4) is 0 Å². The van der Waals surface area contributed by atoms with Gasteiger partial charge in [-0.2, -0.15) is 0 Å². The number of hydrogen-bond donors (Lipinski definition) is 1. The molecule has 0 saturated heterocycles. The van der Waals surface area contributed by atoms with Gasteiger partial charge in [0, 0.05) is 0 Å². The molecule has 0 aromatic carbocycles. The van der Waals surface area contributed by atoms with Crippen molar-refractivity contribution in [1.29, 1.82) is 0 Å². The number of allylic oxidation sites excluding steroid dienone is 2. The zero-order chi connectivity index (χ0) is 7.98. The molecule has 0 aromatic heterocycles. The molecule has 0 rings (SSSR count). The normalized spacial score (nSPS) is 11.3. The lowest BCUT2D eigenvalue weighted by molar-refractivity contribution is 1.06. The maximum atomic E-state index is 3.73. The molecule has 0 aliphatic carbocycles. The van der Waals surface area contributed by atoms with Gasteiger partial charge < -0.3 is 5.32 Å². The molecular weight excluding hydrogens is 124 g/mol. The molecule has 54 valence electrons. The highest BCUT2D eigenvalue weighted by molar-refractivity contribution is 5.32. The summed E-state index contributed by atoms with van der Waals surface area (Å²) in [4.78, 5) is 3.73. The van der Waals surface area contributed by atoms with E-state index in [1.165, 1.54) is 0 Å². The lowest BCUT2D eigenvalue weighted by Crippen LogP contribution is -2.02. The summed E-state index contributed by atoms with van der Waals surface area (Å²) in [5.41, 5.74) is 1.65. The van der Waals surface area contributed by atoms with E-state index < -0.39 is 0 Å². The van der Waals surface area contributed by atoms with E-state index >= 15 is 0 Å². The average Bonchev–Trinajstić information content (AvgIpc) is 1.99. The Hall–Kier alpha value is -1.31. The van der Waals surface area contributed by atoms with E-state index in [2.05, 4.69) is 30.2 Å². The molecule has 0 heterocycles. The number of aliphatic imine (C=N–C) groups is 1. The highest BCUT2D eigenvalue weighted by Crippen LogP contribution is 2.01. The van der Waals surface area contributed by atoms with Crippen molar-refractivity contribution in [2.24, 2.45) is 4.99 Å². The van der Waals surface area contributed by atoms with Crippen molar-refractivity contribution in [3.05, 3.63) is 36.8 Å². The van der Waals surface area contributed by atoms with Gasteiger partial charge in [-0.15, -0.1) is 0 Å². The third-order valence-corrected chi connectivity index (χ3v) is 1.09. The predicted octanol–water partition coefficient (Wildman–Crippen LogP) is 1.84. The van der Waals surface area contributed by atoms with Gasteiger partial charge >= 0.3 is 0 Å². The van der Waals surface area contributed by atoms with Crippen LogP contribution in [0.5, 0.6) is 0 Å². The summed E-state index contributed by atoms with van der Waals surface area (Å²) >= 11 is 0. The lowest BCUT2D eigenvalue weighted by atomic mass is 10.3. The van der Waals surface area contributed by atoms with Crippen molar-refractivity contribution >= 4 is 6.72 Å². The molecule has 0 spiro atoms. The summed E-state index contributed by atoms with van der Waals surface area (Å²) in [6, 6.07) is 0. The van der Waals surface area contributed by atoms with Crippen molar-refractivity contribution in [3.63, 3.8) is 0 Å². The van der Waals surface area contributed by atoms with Crippen LogP contribution < -0.4 is 5.32 Å². The van der Waals surface area contributed by atoms with Gasteiger partial charge in [0.2, 0.25) is 0 Å². The van der Waals surface area contributed by atoms with E-state index in [0.29, 0.717) is 0 Å². The van der Waals surface area contributed by atoms with E-state index in [1.807, 2.05) is 6.92 Å². The molecule has 0 saturated carbocycles. The van der Waals surface area contributed by atoms with Crippen LogP contribution in [0, 0.1) is 0 Å². The second-order valence-electron chi connectivity index (χ2n) is 1.71. The first kappa shape index (κ1) is 8.69. The quantitative estimate of drug-likeness (QED) is 0.463. The SMILES string of the molecule is C=CN/C(C=C)=C(\C)N=C. The Morgan fingerprint density at radius 3 is 2.40 bits per heavy atom. The molecule has 2 heteroatoms. The molecule has 0 aliphatic heterocycles. The van der Waals surface area contributed by atoms with Crippen LogP contribution in [0.1, 0.15) is 6.92 Å². The van der Waals surface area contributed by atoms with Gasteiger partial charge in [-0.3, -0.25) is 4.99 Å². The van der Waals surface area contributed by atoms with E-state index in [-0.39, 0.29) is 0 Å². The van der Waals surface area contributed by atoms with E-state index in [1.54, 1.807) is 12.3 Å². The fraction of sp³-hybridized carbons (Fsp3) is 0.125. The first-order chi connectivity index (χ1) is 4.76. The Morgan fingerprint density at radius 1 is 1.50 bits per heavy atom. The Bertz CT molecular complexity index is 178. The monoisotopic (exact) mass is 136 g/mol. The van der Waals surface area contributed by atoms with E-state index in [9.17, 15) is 0 Å². The zero-order valence-electron chi connectivity index (χ0n) is 6.22. The molecule has 0 aliphatic rings. The molecule has 0 aromatic rings. The minimum Gasteiger partial charge on any atom is -0.361 e. The van der Waals surface area contributed by atoms with Gasteiger partial charge in [0.25, 0.3) is 0 Å². The minimum atomic E-state index is 0.815. The lowest BCUT2D eigenvalue weighted by Gasteiger charge is -2.01. The number of rotatable bonds is 4. The number of nitrogens with one attached hydrogen (secondary N) is 1. The van der Waals surface area contributed by atoms with E-state index in [4.69, 9.17) is 0 Å². The smallest absolute Gasteiger partial charge is 0.0599 e. The van der Waals surface area contributed by atoms with Crippen molar-refractivity contribution in [1.82, 2.24) is 5.32 Å². The van der Waals surface area contributed by atoms with E-state index in [0.717, 1.165) is 11.4 Å². The van der Waals surface area contributed by atoms with Crippen LogP contribution in [-0.2, 0) is 0 Å². The molecule has 0 amide bonds. The highest BCUT2D eigenvalue weighted by atomic mass is 14.9. The topological polar surface area (TPSA) is 24.4 Å². The minimum absolute atomic E-state index is 0.815. The Morgan fingerprint density at radius 2 is 2.10 bits per heavy atom. The maximum absolute atomic E-state index is 3.73. The number of nitrogens with zero attached hydrogens (tertiary/aromatic N) is 1. The standard InChI is InChI=1S/C8H12N2/c1-5-8(10-6-2)7(3)9-4/h5-6,10H,1-2,4H2,3H3/b8-7+. The fourth-order valence-electron chi connectivity index (χ4n) is 0.506. The summed E-state index contributed by atoms with van der Waals surface area (Å²) in [6.07, 6.45) is 3.25. The average molecular weight is 136 g/mol. The first-order valence-corrected chi connectivity index (χ1v) is 2.93. The van der Waals surface area contributed by atoms with Crippen LogP contribution in [0.2, 0.25) is 0 Å². The molecule has 0 fully saturated rings. The van der Waals surface area contributed by atoms with Crippen molar-refractivity contribution in [2.75, 3.05) is 0 Å². The van der Waals surface area contributed by atoms with Gasteiger partial charge in [-0.25, -0.2) is 0 Å². The molecule has 0 unspecified atom stereocenters. The van der Waals surface area contributed by atoms with Gasteiger partial charge in [0.1, 0.15) is 0 Å². The van der Waals surface area contributed by atoms with Crippen LogP contribution >= 0.6 is 0 Å². The van der Waals surface area contributed by atoms with Crippen LogP contribution in [0.15, 0.2) is 41.8 Å². The first-order valence-electron chi connectivity index (χ1n) is 2.93. The Balaban J connectivity index is 4.42. The third-order valence-electron chi connectivity index (χ3n) is 1.09. The van der Waals surface area contributed by atoms with Gasteiger partial charge in [-0.1, -0.05) is 13.2 Å². The van der Waals surface area contributed by atoms with Crippen LogP contribution in [0.4, 0.5) is 0 Å². The zero-order valence-corrected chi connectivity index (χ0v) is 6.22. The molecule has 1 N–H and O–H groups in total. The second kappa shape index (κ2) is 4.56. The summed E-state index contributed by atoms with van der Waals surface area (Å²) in [7, 11) is 0. The Labute approximate surface area is 61.7 Å². The summed E-state index contributed by atoms with van der Waals surface area (Å²) in [5, 5.41) is 2.87. The van der Waals surface area contributed by atoms with Crippen LogP contribution in [-0.4, -0.2) is 6.72 Å². The van der Waals surface area contributed by atoms with Crippen molar-refractivity contribution in [2.45, 2.75) is 6.92 Å². The third kappa shape index (κ3) is 2.31. The van der Waals surface area contributed by atoms with Gasteiger partial charge in [0.05, 0.1) is 11.4 Å². The maximum Gasteiger partial charge on any atom is 0.0599 e.